The van der Waals surface area contributed by atoms with Crippen molar-refractivity contribution in [3.05, 3.63) is 23.9 Å². The lowest BCUT2D eigenvalue weighted by atomic mass is 9.91. The molecule has 1 amide bonds. The Bertz CT molecular complexity index is 447. The molecule has 112 valence electrons. The highest BCUT2D eigenvalue weighted by Crippen LogP contribution is 2.29. The van der Waals surface area contributed by atoms with Gasteiger partial charge in [0.1, 0.15) is 11.2 Å². The van der Waals surface area contributed by atoms with E-state index in [0.717, 1.165) is 0 Å². The van der Waals surface area contributed by atoms with Gasteiger partial charge in [0, 0.05) is 12.1 Å². The van der Waals surface area contributed by atoms with Crippen molar-refractivity contribution in [2.75, 3.05) is 0 Å². The Morgan fingerprint density at radius 3 is 2.50 bits per heavy atom. The highest BCUT2D eigenvalue weighted by molar-refractivity contribution is 5.68. The number of carbonyl (C=O) groups excluding carboxylic acids is 1. The van der Waals surface area contributed by atoms with Crippen LogP contribution in [0.1, 0.15) is 40.5 Å². The van der Waals surface area contributed by atoms with E-state index in [9.17, 15) is 9.59 Å². The zero-order valence-corrected chi connectivity index (χ0v) is 12.2. The monoisotopic (exact) mass is 283 g/mol. The fraction of sp³-hybridized carbons (Fsp3) is 0.571. The first kappa shape index (κ1) is 16.1. The van der Waals surface area contributed by atoms with Crippen molar-refractivity contribution in [3.63, 3.8) is 0 Å². The lowest BCUT2D eigenvalue weighted by Gasteiger charge is -2.31. The molecule has 1 aliphatic rings. The fourth-order valence-electron chi connectivity index (χ4n) is 1.72. The van der Waals surface area contributed by atoms with Gasteiger partial charge in [-0.1, -0.05) is 13.0 Å². The molecule has 0 fully saturated rings. The molecule has 1 atom stereocenters. The minimum absolute atomic E-state index is 0.398. The van der Waals surface area contributed by atoms with Gasteiger partial charge in [-0.3, -0.25) is 5.32 Å². The van der Waals surface area contributed by atoms with Crippen LogP contribution in [-0.4, -0.2) is 28.6 Å². The van der Waals surface area contributed by atoms with Crippen molar-refractivity contribution in [2.45, 2.75) is 51.7 Å². The van der Waals surface area contributed by atoms with Gasteiger partial charge in [0.15, 0.2) is 0 Å². The molecule has 2 N–H and O–H groups in total. The second-order valence-electron chi connectivity index (χ2n) is 5.61. The zero-order chi connectivity index (χ0) is 15.4. The van der Waals surface area contributed by atoms with E-state index >= 15 is 0 Å². The summed E-state index contributed by atoms with van der Waals surface area (Å²) in [6.07, 6.45) is 4.06. The van der Waals surface area contributed by atoms with Gasteiger partial charge in [-0.15, -0.1) is 0 Å². The molecule has 0 aromatic heterocycles. The summed E-state index contributed by atoms with van der Waals surface area (Å²) in [5.74, 6) is 0. The summed E-state index contributed by atoms with van der Waals surface area (Å²) in [7, 11) is 0. The Labute approximate surface area is 118 Å². The Hall–Kier alpha value is -1.98. The van der Waals surface area contributed by atoms with Gasteiger partial charge in [-0.25, -0.2) is 9.59 Å². The lowest BCUT2D eigenvalue weighted by Crippen LogP contribution is -2.37. The fourth-order valence-corrected chi connectivity index (χ4v) is 1.72. The van der Waals surface area contributed by atoms with E-state index in [1.54, 1.807) is 39.0 Å². The first-order valence-electron chi connectivity index (χ1n) is 6.47. The van der Waals surface area contributed by atoms with Gasteiger partial charge in [0.05, 0.1) is 0 Å². The van der Waals surface area contributed by atoms with Crippen molar-refractivity contribution in [3.8, 4) is 0 Å². The minimum atomic E-state index is -1.13. The summed E-state index contributed by atoms with van der Waals surface area (Å²) >= 11 is 0. The number of carbonyl (C=O) groups is 2. The number of amides is 1. The molecule has 0 heterocycles. The van der Waals surface area contributed by atoms with Crippen LogP contribution in [0, 0.1) is 0 Å². The zero-order valence-electron chi connectivity index (χ0n) is 12.2. The Kier molecular flexibility index (Phi) is 4.81. The maximum atomic E-state index is 11.7. The SMILES string of the molecule is CCC1(OC(=O)OC(C)(C)C)C=CC(NC(=O)O)=CC1. The second kappa shape index (κ2) is 5.98. The second-order valence-corrected chi connectivity index (χ2v) is 5.61. The van der Waals surface area contributed by atoms with Crippen LogP contribution in [0.25, 0.3) is 0 Å². The van der Waals surface area contributed by atoms with Crippen molar-refractivity contribution in [2.24, 2.45) is 0 Å². The van der Waals surface area contributed by atoms with E-state index in [1.807, 2.05) is 6.92 Å². The topological polar surface area (TPSA) is 84.9 Å². The molecule has 0 spiro atoms. The van der Waals surface area contributed by atoms with Crippen molar-refractivity contribution < 1.29 is 24.2 Å². The molecule has 0 saturated heterocycles. The van der Waals surface area contributed by atoms with Gasteiger partial charge in [0.2, 0.25) is 0 Å². The first-order valence-corrected chi connectivity index (χ1v) is 6.47. The number of allylic oxidation sites excluding steroid dienone is 1. The molecule has 0 saturated carbocycles. The molecule has 1 rings (SSSR count). The molecule has 0 aliphatic heterocycles. The molecular formula is C14H21NO5. The molecule has 1 aliphatic carbocycles. The van der Waals surface area contributed by atoms with Gasteiger partial charge in [-0.2, -0.15) is 0 Å². The van der Waals surface area contributed by atoms with E-state index in [-0.39, 0.29) is 0 Å². The predicted octanol–water partition coefficient (Wildman–Crippen LogP) is 3.20. The largest absolute Gasteiger partial charge is 0.509 e. The van der Waals surface area contributed by atoms with Crippen LogP contribution in [0.5, 0.6) is 0 Å². The smallest absolute Gasteiger partial charge is 0.465 e. The van der Waals surface area contributed by atoms with Crippen LogP contribution >= 0.6 is 0 Å². The molecular weight excluding hydrogens is 262 g/mol. The molecule has 0 radical (unpaired) electrons. The minimum Gasteiger partial charge on any atom is -0.465 e. The summed E-state index contributed by atoms with van der Waals surface area (Å²) < 4.78 is 10.5. The number of carboxylic acid groups (broad SMARTS) is 1. The lowest BCUT2D eigenvalue weighted by molar-refractivity contribution is -0.0497. The number of rotatable bonds is 3. The van der Waals surface area contributed by atoms with Crippen LogP contribution in [0.15, 0.2) is 23.9 Å². The highest BCUT2D eigenvalue weighted by atomic mass is 16.7. The molecule has 0 bridgehead atoms. The third-order valence-corrected chi connectivity index (χ3v) is 2.76. The number of hydrogen-bond donors (Lipinski definition) is 2. The maximum Gasteiger partial charge on any atom is 0.509 e. The predicted molar refractivity (Wildman–Crippen MR) is 73.3 cm³/mol. The van der Waals surface area contributed by atoms with Crippen molar-refractivity contribution in [1.29, 1.82) is 0 Å². The molecule has 0 aromatic rings. The van der Waals surface area contributed by atoms with Gasteiger partial charge in [-0.05, 0) is 39.3 Å². The Morgan fingerprint density at radius 2 is 2.10 bits per heavy atom. The van der Waals surface area contributed by atoms with Crippen LogP contribution < -0.4 is 5.32 Å². The summed E-state index contributed by atoms with van der Waals surface area (Å²) in [4.78, 5) is 22.3. The Balaban J connectivity index is 2.68. The third-order valence-electron chi connectivity index (χ3n) is 2.76. The summed E-state index contributed by atoms with van der Waals surface area (Å²) in [6.45, 7) is 7.17. The number of ether oxygens (including phenoxy) is 2. The van der Waals surface area contributed by atoms with Crippen LogP contribution in [0.2, 0.25) is 0 Å². The van der Waals surface area contributed by atoms with E-state index in [0.29, 0.717) is 18.5 Å². The van der Waals surface area contributed by atoms with Gasteiger partial charge < -0.3 is 14.6 Å². The normalized spacial score (nSPS) is 21.9. The van der Waals surface area contributed by atoms with Gasteiger partial charge in [0.25, 0.3) is 0 Å². The number of nitrogens with one attached hydrogen (secondary N) is 1. The van der Waals surface area contributed by atoms with E-state index in [4.69, 9.17) is 14.6 Å². The molecule has 1 unspecified atom stereocenters. The van der Waals surface area contributed by atoms with Crippen molar-refractivity contribution in [1.82, 2.24) is 5.32 Å². The quantitative estimate of drug-likeness (QED) is 0.777. The molecule has 6 heteroatoms. The van der Waals surface area contributed by atoms with Crippen LogP contribution in [0.3, 0.4) is 0 Å². The third kappa shape index (κ3) is 4.95. The van der Waals surface area contributed by atoms with Crippen molar-refractivity contribution >= 4 is 12.2 Å². The molecule has 0 aromatic carbocycles. The van der Waals surface area contributed by atoms with E-state index < -0.39 is 23.5 Å². The maximum absolute atomic E-state index is 11.7. The summed E-state index contributed by atoms with van der Waals surface area (Å²) in [5.41, 5.74) is -0.934. The van der Waals surface area contributed by atoms with Crippen LogP contribution in [0.4, 0.5) is 9.59 Å². The highest BCUT2D eigenvalue weighted by Gasteiger charge is 2.33. The average Bonchev–Trinajstić information content (AvgIpc) is 2.29. The Morgan fingerprint density at radius 1 is 1.45 bits per heavy atom. The average molecular weight is 283 g/mol. The summed E-state index contributed by atoms with van der Waals surface area (Å²) in [5, 5.41) is 10.9. The standard InChI is InChI=1S/C14H21NO5/c1-5-14(20-12(18)19-13(2,3)4)8-6-10(7-9-14)15-11(16)17/h6-8,15H,5,9H2,1-4H3,(H,16,17). The van der Waals surface area contributed by atoms with Crippen LogP contribution in [-0.2, 0) is 9.47 Å². The van der Waals surface area contributed by atoms with E-state index in [1.165, 1.54) is 0 Å². The molecule has 20 heavy (non-hydrogen) atoms. The van der Waals surface area contributed by atoms with Gasteiger partial charge >= 0.3 is 12.2 Å². The molecule has 6 nitrogen and oxygen atoms in total. The summed E-state index contributed by atoms with van der Waals surface area (Å²) in [6, 6.07) is 0. The van der Waals surface area contributed by atoms with E-state index in [2.05, 4.69) is 5.32 Å². The first-order chi connectivity index (χ1) is 9.16. The number of hydrogen-bond acceptors (Lipinski definition) is 4.